The molecule has 0 unspecified atom stereocenters. The summed E-state index contributed by atoms with van der Waals surface area (Å²) >= 11 is 3.58. The van der Waals surface area contributed by atoms with Crippen LogP contribution < -0.4 is 20.7 Å². The van der Waals surface area contributed by atoms with Gasteiger partial charge in [-0.25, -0.2) is 0 Å². The number of nitrogens with zero attached hydrogens (tertiary/aromatic N) is 4. The van der Waals surface area contributed by atoms with Crippen molar-refractivity contribution in [2.75, 3.05) is 108 Å². The molecule has 4 heterocycles. The molecule has 4 aliphatic heterocycles. The smallest absolute Gasteiger partial charge is 0.238 e. The maximum absolute atomic E-state index is 12.6. The molecule has 4 aliphatic rings. The van der Waals surface area contributed by atoms with Crippen LogP contribution in [0.2, 0.25) is 13.1 Å². The quantitative estimate of drug-likeness (QED) is 0.0205. The van der Waals surface area contributed by atoms with Crippen LogP contribution in [0.3, 0.4) is 0 Å². The molecule has 554 valence electrons. The first-order valence-corrected chi connectivity index (χ1v) is 42.4. The maximum Gasteiger partial charge on any atom is 0.238 e. The van der Waals surface area contributed by atoms with Gasteiger partial charge in [0, 0.05) is 81.0 Å². The number of carbonyl (C=O) groups excluding carboxylic acids is 1. The second kappa shape index (κ2) is 39.4. The highest BCUT2D eigenvalue weighted by atomic mass is 79.9. The number of halogens is 1. The first-order chi connectivity index (χ1) is 51.6. The number of aliphatic hydroxyl groups is 3. The Morgan fingerprint density at radius 1 is 0.462 bits per heavy atom. The zero-order valence-electron chi connectivity index (χ0n) is 62.5. The number of carbonyl (C=O) groups is 1. The molecule has 0 radical (unpaired) electrons. The van der Waals surface area contributed by atoms with Gasteiger partial charge in [-0.15, -0.1) is 0 Å². The molecule has 0 aliphatic carbocycles. The Morgan fingerprint density at radius 3 is 1.24 bits per heavy atom. The number of likely N-dealkylation sites (tertiary alicyclic amines) is 2. The average molecular weight is 1500 g/mol. The third-order valence-corrected chi connectivity index (χ3v) is 25.0. The van der Waals surface area contributed by atoms with Crippen LogP contribution in [0.15, 0.2) is 241 Å². The van der Waals surface area contributed by atoms with Gasteiger partial charge in [-0.3, -0.25) is 14.6 Å². The molecule has 14 heteroatoms. The summed E-state index contributed by atoms with van der Waals surface area (Å²) in [7, 11) is -1.63. The Balaban J connectivity index is 0.000000159. The van der Waals surface area contributed by atoms with E-state index in [-0.39, 0.29) is 37.2 Å². The molecule has 106 heavy (non-hydrogen) atoms. The summed E-state index contributed by atoms with van der Waals surface area (Å²) in [6.45, 7) is 21.6. The Hall–Kier alpha value is -8.51. The van der Waals surface area contributed by atoms with Crippen LogP contribution in [0, 0.1) is 11.8 Å². The number of piperidine rings is 1. The highest BCUT2D eigenvalue weighted by Crippen LogP contribution is 2.40. The number of amides is 1. The second-order valence-electron chi connectivity index (χ2n) is 29.7. The zero-order valence-corrected chi connectivity index (χ0v) is 65.1. The van der Waals surface area contributed by atoms with E-state index in [1.807, 2.05) is 72.8 Å². The van der Waals surface area contributed by atoms with Crippen molar-refractivity contribution in [3.63, 3.8) is 0 Å². The monoisotopic (exact) mass is 1500 g/mol. The number of anilines is 2. The van der Waals surface area contributed by atoms with Gasteiger partial charge in [0.25, 0.3) is 0 Å². The number of allylic oxidation sites excluding steroid dienone is 3. The Morgan fingerprint density at radius 2 is 0.840 bits per heavy atom. The minimum atomic E-state index is -1.63. The average Bonchev–Trinajstić information content (AvgIpc) is 0.879. The molecule has 0 saturated carbocycles. The van der Waals surface area contributed by atoms with Gasteiger partial charge in [0.15, 0.2) is 0 Å². The van der Waals surface area contributed by atoms with Crippen molar-refractivity contribution in [1.29, 1.82) is 0 Å². The Kier molecular flexibility index (Phi) is 29.2. The van der Waals surface area contributed by atoms with Crippen LogP contribution in [0.5, 0.6) is 11.5 Å². The zero-order chi connectivity index (χ0) is 74.2. The van der Waals surface area contributed by atoms with E-state index >= 15 is 0 Å². The van der Waals surface area contributed by atoms with Crippen LogP contribution in [-0.2, 0) is 4.79 Å². The van der Waals surface area contributed by atoms with Crippen LogP contribution in [0.1, 0.15) is 122 Å². The van der Waals surface area contributed by atoms with Gasteiger partial charge in [0.1, 0.15) is 11.5 Å². The lowest BCUT2D eigenvalue weighted by atomic mass is 9.87. The summed E-state index contributed by atoms with van der Waals surface area (Å²) < 4.78 is 1.07. The summed E-state index contributed by atoms with van der Waals surface area (Å²) in [5.41, 5.74) is 19.3. The summed E-state index contributed by atoms with van der Waals surface area (Å²) in [6, 6.07) is 81.5. The summed E-state index contributed by atoms with van der Waals surface area (Å²) in [5, 5.41) is 56.7. The molecule has 0 aromatic heterocycles. The minimum absolute atomic E-state index is 0.0156. The maximum atomic E-state index is 12.6. The summed E-state index contributed by atoms with van der Waals surface area (Å²) in [4.78, 5) is 22.5. The number of hydrogen-bond acceptors (Lipinski definition) is 11. The molecule has 1 amide bonds. The fourth-order valence-electron chi connectivity index (χ4n) is 15.7. The molecule has 0 spiro atoms. The standard InChI is InChI=1S/C32H40N2O2Si.C30H35BrN2O.C30H34N2O3/c1-37(2,23-34-21-27-19-33-20-28(27)22-34)30-16-12-26(13-17-30)32(25-10-14-29(36)15-11-25)31(9-6-18-35)24-7-4-3-5-8-24;1-23(2)32-18-20-33(21-19-32)28-16-12-26(13-17-28)30(25-10-14-27(31)15-11-25)29(9-6-22-34)24-7-4-3-5-8-24;33-21-7-10-28(23-8-3-1-4-9-23)30(25-13-17-27(34)18-14-25)24-11-15-26(16-12-24)31-29(35)22-32-19-5-2-6-20-32/h3-5,7-8,10-17,27-28,33,35-36H,6,9,18-23H2,1-2H3;3-5,7-8,10-17,23,34H,6,9,18-22H2,1-2H3;1,3-4,8-9,11-18,33-34H,2,5-7,10,19-22H2,(H,31,35)/b32-31-;30-29-;30-28+/t27-,28+;;. The van der Waals surface area contributed by atoms with Gasteiger partial charge < -0.3 is 46.0 Å². The molecular weight excluding hydrogens is 1390 g/mol. The van der Waals surface area contributed by atoms with Crippen molar-refractivity contribution in [3.05, 3.63) is 291 Å². The summed E-state index contributed by atoms with van der Waals surface area (Å²) in [5.74, 6) is 2.17. The third-order valence-electron chi connectivity index (χ3n) is 21.3. The number of aliphatic hydroxyl groups excluding tert-OH is 3. The largest absolute Gasteiger partial charge is 0.508 e. The van der Waals surface area contributed by atoms with Gasteiger partial charge in [-0.2, -0.15) is 0 Å². The van der Waals surface area contributed by atoms with Crippen molar-refractivity contribution in [2.45, 2.75) is 90.8 Å². The fourth-order valence-corrected chi connectivity index (χ4v) is 18.6. The highest BCUT2D eigenvalue weighted by molar-refractivity contribution is 9.10. The van der Waals surface area contributed by atoms with Gasteiger partial charge in [-0.1, -0.05) is 217 Å². The predicted octanol–water partition coefficient (Wildman–Crippen LogP) is 17.0. The van der Waals surface area contributed by atoms with Gasteiger partial charge in [0.2, 0.25) is 5.91 Å². The lowest BCUT2D eigenvalue weighted by molar-refractivity contribution is -0.117. The number of rotatable bonds is 26. The van der Waals surface area contributed by atoms with Crippen molar-refractivity contribution in [2.24, 2.45) is 11.8 Å². The van der Waals surface area contributed by atoms with Crippen molar-refractivity contribution >= 4 is 79.9 Å². The topological polar surface area (TPSA) is 155 Å². The SMILES string of the molecule is CC(C)N1CCN(c2ccc(/C(=C(/CCCO)c3ccccc3)c3ccc(Br)cc3)cc2)CC1.C[Si](C)(CN1C[C@H]2CNC[C@H]2C1)c1ccc(/C(=C(/CCCO)c2ccccc2)c2ccc(O)cc2)cc1.O=C(CN1CCCCC1)Nc1ccc(/C(=C(/CCCO)c2ccccc2)c2ccc(O)cc2)cc1. The van der Waals surface area contributed by atoms with Crippen LogP contribution in [0.4, 0.5) is 11.4 Å². The number of nitrogens with one attached hydrogen (secondary N) is 2. The van der Waals surface area contributed by atoms with Crippen molar-refractivity contribution < 1.29 is 30.3 Å². The van der Waals surface area contributed by atoms with E-state index < -0.39 is 8.07 Å². The van der Waals surface area contributed by atoms with Crippen molar-refractivity contribution in [1.82, 2.24) is 20.0 Å². The van der Waals surface area contributed by atoms with Gasteiger partial charge in [0.05, 0.1) is 14.6 Å². The molecule has 0 bridgehead atoms. The molecule has 7 N–H and O–H groups in total. The van der Waals surface area contributed by atoms with E-state index in [2.05, 4.69) is 213 Å². The molecule has 2 atom stereocenters. The van der Waals surface area contributed by atoms with E-state index in [1.165, 1.54) is 99.8 Å². The number of benzene rings is 9. The molecule has 12 nitrogen and oxygen atoms in total. The Bertz CT molecular complexity index is 4260. The normalized spacial score (nSPS) is 17.1. The van der Waals surface area contributed by atoms with Gasteiger partial charge >= 0.3 is 0 Å². The predicted molar refractivity (Wildman–Crippen MR) is 447 cm³/mol. The van der Waals surface area contributed by atoms with Gasteiger partial charge in [-0.05, 0) is 254 Å². The first kappa shape index (κ1) is 78.6. The van der Waals surface area contributed by atoms with E-state index in [4.69, 9.17) is 0 Å². The minimum Gasteiger partial charge on any atom is -0.508 e. The number of piperazine rings is 1. The molecule has 13 rings (SSSR count). The Labute approximate surface area is 639 Å². The number of fused-ring (bicyclic) bond motifs is 1. The molecule has 4 saturated heterocycles. The van der Waals surface area contributed by atoms with Crippen LogP contribution >= 0.6 is 15.9 Å². The first-order valence-electron chi connectivity index (χ1n) is 38.4. The highest BCUT2D eigenvalue weighted by Gasteiger charge is 2.39. The molecule has 9 aromatic rings. The fraction of sp³-hybridized carbons (Fsp3) is 0.337. The number of phenolic OH excluding ortho intramolecular Hbond substituents is 2. The number of aromatic hydroxyl groups is 2. The van der Waals surface area contributed by atoms with Crippen LogP contribution in [0.25, 0.3) is 33.4 Å². The van der Waals surface area contributed by atoms with E-state index in [0.29, 0.717) is 31.8 Å². The van der Waals surface area contributed by atoms with Crippen LogP contribution in [-0.4, -0.2) is 158 Å². The molecule has 4 fully saturated rings. The lowest BCUT2D eigenvalue weighted by Crippen LogP contribution is -2.51. The number of phenols is 2. The van der Waals surface area contributed by atoms with Crippen molar-refractivity contribution in [3.8, 4) is 11.5 Å². The number of hydrogen-bond donors (Lipinski definition) is 7. The van der Waals surface area contributed by atoms with E-state index in [0.717, 1.165) is 127 Å². The second-order valence-corrected chi connectivity index (χ2v) is 35.3. The lowest BCUT2D eigenvalue weighted by Gasteiger charge is -2.38. The molecule has 9 aromatic carbocycles. The molecular formula is C92H109BrN6O6Si. The van der Waals surface area contributed by atoms with E-state index in [1.54, 1.807) is 24.3 Å². The van der Waals surface area contributed by atoms with E-state index in [9.17, 15) is 30.3 Å². The summed E-state index contributed by atoms with van der Waals surface area (Å²) in [6.07, 6.45) is 9.20. The third kappa shape index (κ3) is 21.6.